The van der Waals surface area contributed by atoms with E-state index in [9.17, 15) is 9.90 Å². The van der Waals surface area contributed by atoms with Crippen molar-refractivity contribution in [3.05, 3.63) is 0 Å². The molecule has 1 fully saturated rings. The van der Waals surface area contributed by atoms with Crippen molar-refractivity contribution in [2.24, 2.45) is 5.92 Å². The molecule has 0 aromatic heterocycles. The van der Waals surface area contributed by atoms with Crippen LogP contribution in [0.4, 0.5) is 4.79 Å². The molecule has 5 heteroatoms. The van der Waals surface area contributed by atoms with Gasteiger partial charge in [0.05, 0.1) is 12.6 Å². The normalized spacial score (nSPS) is 25.9. The van der Waals surface area contributed by atoms with Crippen LogP contribution in [0.15, 0.2) is 0 Å². The van der Waals surface area contributed by atoms with Crippen LogP contribution >= 0.6 is 0 Å². The molecule has 1 heterocycles. The Balaban J connectivity index is 2.48. The highest BCUT2D eigenvalue weighted by Gasteiger charge is 2.35. The topological polar surface area (TPSA) is 61.8 Å². The van der Waals surface area contributed by atoms with Gasteiger partial charge in [0.2, 0.25) is 0 Å². The minimum Gasteiger partial charge on any atom is -0.444 e. The van der Waals surface area contributed by atoms with E-state index < -0.39 is 11.7 Å². The van der Waals surface area contributed by atoms with E-state index in [4.69, 9.17) is 4.74 Å². The number of carbonyl (C=O) groups is 1. The van der Waals surface area contributed by atoms with E-state index in [2.05, 4.69) is 5.32 Å². The summed E-state index contributed by atoms with van der Waals surface area (Å²) in [5.74, 6) is 0.0949. The van der Waals surface area contributed by atoms with E-state index >= 15 is 0 Å². The number of likely N-dealkylation sites (tertiary alicyclic amines) is 1. The van der Waals surface area contributed by atoms with Crippen molar-refractivity contribution < 1.29 is 14.6 Å². The molecule has 0 aromatic carbocycles. The molecule has 1 amide bonds. The van der Waals surface area contributed by atoms with Crippen LogP contribution < -0.4 is 5.32 Å². The third-order valence-corrected chi connectivity index (χ3v) is 2.52. The molecule has 16 heavy (non-hydrogen) atoms. The van der Waals surface area contributed by atoms with Crippen molar-refractivity contribution in [1.82, 2.24) is 10.2 Å². The van der Waals surface area contributed by atoms with Gasteiger partial charge in [-0.3, -0.25) is 0 Å². The summed E-state index contributed by atoms with van der Waals surface area (Å²) in [5.41, 5.74) is -0.483. The van der Waals surface area contributed by atoms with E-state index in [1.54, 1.807) is 4.90 Å². The van der Waals surface area contributed by atoms with Crippen LogP contribution in [0.5, 0.6) is 0 Å². The summed E-state index contributed by atoms with van der Waals surface area (Å²) in [6.45, 7) is 7.13. The van der Waals surface area contributed by atoms with Gasteiger partial charge in [0.15, 0.2) is 0 Å². The number of aliphatic hydroxyl groups is 1. The largest absolute Gasteiger partial charge is 0.444 e. The lowest BCUT2D eigenvalue weighted by Gasteiger charge is -2.24. The number of β-amino-alcohol motifs (C(OH)–C–C–N with tert-alkyl or cyclic N) is 1. The molecule has 1 aliphatic rings. The first kappa shape index (κ1) is 13.3. The maximum atomic E-state index is 11.7. The van der Waals surface area contributed by atoms with Crippen molar-refractivity contribution >= 4 is 6.09 Å². The third kappa shape index (κ3) is 3.64. The molecule has 0 bridgehead atoms. The maximum absolute atomic E-state index is 11.7. The summed E-state index contributed by atoms with van der Waals surface area (Å²) in [4.78, 5) is 13.3. The number of hydrogen-bond donors (Lipinski definition) is 2. The number of hydrogen-bond acceptors (Lipinski definition) is 4. The Labute approximate surface area is 96.8 Å². The molecule has 94 valence electrons. The van der Waals surface area contributed by atoms with Gasteiger partial charge in [-0.1, -0.05) is 0 Å². The Bertz CT molecular complexity index is 250. The van der Waals surface area contributed by atoms with E-state index in [1.807, 2.05) is 27.8 Å². The molecule has 1 saturated heterocycles. The average Bonchev–Trinajstić information content (AvgIpc) is 2.46. The Hall–Kier alpha value is -0.810. The molecule has 2 atom stereocenters. The lowest BCUT2D eigenvalue weighted by Crippen LogP contribution is -2.36. The molecule has 0 unspecified atom stereocenters. The Morgan fingerprint density at radius 3 is 2.62 bits per heavy atom. The van der Waals surface area contributed by atoms with Gasteiger partial charge in [-0.25, -0.2) is 4.79 Å². The van der Waals surface area contributed by atoms with Crippen molar-refractivity contribution in [1.29, 1.82) is 0 Å². The molecule has 1 aliphatic heterocycles. The van der Waals surface area contributed by atoms with E-state index in [0.29, 0.717) is 19.6 Å². The molecule has 0 radical (unpaired) electrons. The quantitative estimate of drug-likeness (QED) is 0.722. The van der Waals surface area contributed by atoms with E-state index in [1.165, 1.54) is 0 Å². The van der Waals surface area contributed by atoms with Gasteiger partial charge in [0.25, 0.3) is 0 Å². The maximum Gasteiger partial charge on any atom is 0.410 e. The monoisotopic (exact) mass is 230 g/mol. The summed E-state index contributed by atoms with van der Waals surface area (Å²) in [5, 5.41) is 12.8. The second-order valence-corrected chi connectivity index (χ2v) is 5.27. The molecule has 0 aliphatic carbocycles. The fraction of sp³-hybridized carbons (Fsp3) is 0.909. The number of nitrogens with one attached hydrogen (secondary N) is 1. The fourth-order valence-electron chi connectivity index (χ4n) is 1.79. The molecule has 0 spiro atoms. The molecular weight excluding hydrogens is 208 g/mol. The third-order valence-electron chi connectivity index (χ3n) is 2.52. The Kier molecular flexibility index (Phi) is 4.15. The standard InChI is InChI=1S/C11H22N2O3/c1-11(2,3)16-10(15)13-6-8(5-12-4)9(14)7-13/h8-9,12,14H,5-7H2,1-4H3/t8-,9-/m0/s1. The van der Waals surface area contributed by atoms with Gasteiger partial charge in [0.1, 0.15) is 5.60 Å². The van der Waals surface area contributed by atoms with Gasteiger partial charge in [-0.2, -0.15) is 0 Å². The van der Waals surface area contributed by atoms with E-state index in [0.717, 1.165) is 0 Å². The highest BCUT2D eigenvalue weighted by atomic mass is 16.6. The SMILES string of the molecule is CNC[C@H]1CN(C(=O)OC(C)(C)C)C[C@@H]1O. The van der Waals surface area contributed by atoms with Gasteiger partial charge >= 0.3 is 6.09 Å². The zero-order valence-electron chi connectivity index (χ0n) is 10.5. The van der Waals surface area contributed by atoms with Gasteiger partial charge < -0.3 is 20.1 Å². The summed E-state index contributed by atoms with van der Waals surface area (Å²) in [6.07, 6.45) is -0.801. The van der Waals surface area contributed by atoms with Crippen LogP contribution in [0, 0.1) is 5.92 Å². The first-order valence-corrected chi connectivity index (χ1v) is 5.64. The van der Waals surface area contributed by atoms with Crippen molar-refractivity contribution in [2.45, 2.75) is 32.5 Å². The zero-order chi connectivity index (χ0) is 12.3. The second kappa shape index (κ2) is 5.01. The van der Waals surface area contributed by atoms with Gasteiger partial charge in [0, 0.05) is 19.0 Å². The molecule has 2 N–H and O–H groups in total. The molecule has 5 nitrogen and oxygen atoms in total. The highest BCUT2D eigenvalue weighted by Crippen LogP contribution is 2.19. The predicted molar refractivity (Wildman–Crippen MR) is 61.2 cm³/mol. The molecule has 1 rings (SSSR count). The average molecular weight is 230 g/mol. The van der Waals surface area contributed by atoms with Gasteiger partial charge in [-0.05, 0) is 27.8 Å². The van der Waals surface area contributed by atoms with Crippen molar-refractivity contribution in [3.8, 4) is 0 Å². The summed E-state index contributed by atoms with van der Waals surface area (Å²) < 4.78 is 5.25. The summed E-state index contributed by atoms with van der Waals surface area (Å²) in [7, 11) is 1.84. The number of carbonyl (C=O) groups excluding carboxylic acids is 1. The molecular formula is C11H22N2O3. The van der Waals surface area contributed by atoms with E-state index in [-0.39, 0.29) is 12.0 Å². The van der Waals surface area contributed by atoms with Crippen LogP contribution in [0.1, 0.15) is 20.8 Å². The molecule has 0 saturated carbocycles. The number of aliphatic hydroxyl groups excluding tert-OH is 1. The van der Waals surface area contributed by atoms with Crippen LogP contribution in [-0.2, 0) is 4.74 Å². The number of nitrogens with zero attached hydrogens (tertiary/aromatic N) is 1. The van der Waals surface area contributed by atoms with Crippen LogP contribution in [-0.4, -0.2) is 54.5 Å². The highest BCUT2D eigenvalue weighted by molar-refractivity contribution is 5.68. The lowest BCUT2D eigenvalue weighted by atomic mass is 10.1. The predicted octanol–water partition coefficient (Wildman–Crippen LogP) is 0.434. The fourth-order valence-corrected chi connectivity index (χ4v) is 1.79. The van der Waals surface area contributed by atoms with Crippen molar-refractivity contribution in [2.75, 3.05) is 26.7 Å². The first-order valence-electron chi connectivity index (χ1n) is 5.64. The van der Waals surface area contributed by atoms with Gasteiger partial charge in [-0.15, -0.1) is 0 Å². The minimum absolute atomic E-state index is 0.0949. The first-order chi connectivity index (χ1) is 7.33. The minimum atomic E-state index is -0.483. The number of ether oxygens (including phenoxy) is 1. The molecule has 0 aromatic rings. The summed E-state index contributed by atoms with van der Waals surface area (Å²) >= 11 is 0. The van der Waals surface area contributed by atoms with Crippen LogP contribution in [0.3, 0.4) is 0 Å². The summed E-state index contributed by atoms with van der Waals surface area (Å²) in [6, 6.07) is 0. The number of amides is 1. The second-order valence-electron chi connectivity index (χ2n) is 5.27. The lowest BCUT2D eigenvalue weighted by molar-refractivity contribution is 0.0270. The van der Waals surface area contributed by atoms with Crippen molar-refractivity contribution in [3.63, 3.8) is 0 Å². The van der Waals surface area contributed by atoms with Crippen LogP contribution in [0.25, 0.3) is 0 Å². The number of rotatable bonds is 2. The zero-order valence-corrected chi connectivity index (χ0v) is 10.5. The Morgan fingerprint density at radius 1 is 1.50 bits per heavy atom. The smallest absolute Gasteiger partial charge is 0.410 e. The Morgan fingerprint density at radius 2 is 2.12 bits per heavy atom. The van der Waals surface area contributed by atoms with Crippen LogP contribution in [0.2, 0.25) is 0 Å².